The van der Waals surface area contributed by atoms with E-state index in [1.807, 2.05) is 25.2 Å². The Morgan fingerprint density at radius 1 is 1.07 bits per heavy atom. The molecule has 3 aromatic rings. The average molecular weight is 454 g/mol. The lowest BCUT2D eigenvalue weighted by atomic mass is 9.91. The van der Waals surface area contributed by atoms with Crippen molar-refractivity contribution in [3.05, 3.63) is 71.7 Å². The van der Waals surface area contributed by atoms with E-state index in [0.717, 1.165) is 48.1 Å². The molecule has 4 rings (SSSR count). The van der Waals surface area contributed by atoms with Gasteiger partial charge in [-0.05, 0) is 61.6 Å². The smallest absolute Gasteiger partial charge is 0.269 e. The van der Waals surface area contributed by atoms with Crippen molar-refractivity contribution in [3.8, 4) is 11.3 Å². The molecule has 1 aromatic carbocycles. The summed E-state index contributed by atoms with van der Waals surface area (Å²) in [7, 11) is -1.84. The molecule has 0 atom stereocenters. The Morgan fingerprint density at radius 2 is 1.83 bits per heavy atom. The van der Waals surface area contributed by atoms with Crippen molar-refractivity contribution in [2.75, 3.05) is 7.05 Å². The number of aromatic nitrogens is 2. The lowest BCUT2D eigenvalue weighted by Crippen LogP contribution is -2.15. The topological polar surface area (TPSA) is 64.0 Å². The van der Waals surface area contributed by atoms with Gasteiger partial charge in [0, 0.05) is 30.7 Å². The highest BCUT2D eigenvalue weighted by Crippen LogP contribution is 2.37. The molecule has 2 aromatic heterocycles. The predicted octanol–water partition coefficient (Wildman–Crippen LogP) is 4.23. The van der Waals surface area contributed by atoms with Gasteiger partial charge >= 0.3 is 0 Å². The van der Waals surface area contributed by atoms with Crippen LogP contribution < -0.4 is 5.32 Å². The van der Waals surface area contributed by atoms with Crippen molar-refractivity contribution in [3.63, 3.8) is 0 Å². The zero-order valence-electron chi connectivity index (χ0n) is 16.2. The first kappa shape index (κ1) is 23.4. The van der Waals surface area contributed by atoms with Gasteiger partial charge in [-0.1, -0.05) is 24.3 Å². The highest BCUT2D eigenvalue weighted by atomic mass is 35.5. The van der Waals surface area contributed by atoms with Crippen LogP contribution in [0.5, 0.6) is 0 Å². The Hall–Kier alpha value is -1.86. The van der Waals surface area contributed by atoms with Crippen LogP contribution in [0.4, 0.5) is 0 Å². The van der Waals surface area contributed by atoms with Crippen molar-refractivity contribution < 1.29 is 8.42 Å². The molecule has 29 heavy (non-hydrogen) atoms. The molecule has 0 fully saturated rings. The maximum Gasteiger partial charge on any atom is 0.269 e. The van der Waals surface area contributed by atoms with E-state index in [1.54, 1.807) is 24.5 Å². The molecule has 0 saturated carbocycles. The molecule has 0 aliphatic heterocycles. The van der Waals surface area contributed by atoms with Crippen LogP contribution in [0.3, 0.4) is 0 Å². The number of halogens is 2. The number of nitrogens with one attached hydrogen (secondary N) is 1. The Kier molecular flexibility index (Phi) is 7.88. The van der Waals surface area contributed by atoms with E-state index >= 15 is 0 Å². The number of hydrogen-bond acceptors (Lipinski definition) is 4. The van der Waals surface area contributed by atoms with Crippen molar-refractivity contribution in [1.29, 1.82) is 0 Å². The average Bonchev–Trinajstić information content (AvgIpc) is 3.03. The first-order chi connectivity index (χ1) is 13.1. The highest BCUT2D eigenvalue weighted by Gasteiger charge is 2.27. The second kappa shape index (κ2) is 9.76. The molecule has 1 aliphatic carbocycles. The van der Waals surface area contributed by atoms with Gasteiger partial charge < -0.3 is 5.32 Å². The minimum absolute atomic E-state index is 0. The fourth-order valence-electron chi connectivity index (χ4n) is 3.86. The number of fused-ring (bicyclic) bond motifs is 3. The van der Waals surface area contributed by atoms with E-state index in [0.29, 0.717) is 6.54 Å². The van der Waals surface area contributed by atoms with E-state index < -0.39 is 10.0 Å². The SMILES string of the molecule is CNCc1cn(S(=O)(=O)c2cccnc2)c2c1CCCCc1ccccc1-2.Cl.Cl. The van der Waals surface area contributed by atoms with E-state index in [2.05, 4.69) is 16.4 Å². The zero-order valence-corrected chi connectivity index (χ0v) is 18.6. The van der Waals surface area contributed by atoms with Crippen LogP contribution in [-0.4, -0.2) is 24.4 Å². The molecule has 5 nitrogen and oxygen atoms in total. The van der Waals surface area contributed by atoms with E-state index in [1.165, 1.54) is 15.7 Å². The number of benzene rings is 1. The van der Waals surface area contributed by atoms with E-state index in [4.69, 9.17) is 0 Å². The minimum atomic E-state index is -3.72. The van der Waals surface area contributed by atoms with Crippen molar-refractivity contribution in [2.24, 2.45) is 0 Å². The van der Waals surface area contributed by atoms with Crippen LogP contribution in [0.25, 0.3) is 11.3 Å². The summed E-state index contributed by atoms with van der Waals surface area (Å²) in [6.07, 6.45) is 8.79. The summed E-state index contributed by atoms with van der Waals surface area (Å²) >= 11 is 0. The maximum absolute atomic E-state index is 13.4. The predicted molar refractivity (Wildman–Crippen MR) is 121 cm³/mol. The van der Waals surface area contributed by atoms with Crippen molar-refractivity contribution in [1.82, 2.24) is 14.3 Å². The third-order valence-electron chi connectivity index (χ3n) is 5.12. The largest absolute Gasteiger partial charge is 0.316 e. The molecule has 1 aliphatic rings. The van der Waals surface area contributed by atoms with Gasteiger partial charge in [0.1, 0.15) is 4.90 Å². The normalized spacial score (nSPS) is 13.1. The van der Waals surface area contributed by atoms with Crippen LogP contribution in [0.15, 0.2) is 59.9 Å². The summed E-state index contributed by atoms with van der Waals surface area (Å²) in [6, 6.07) is 11.4. The fraction of sp³-hybridized carbons (Fsp3) is 0.286. The van der Waals surface area contributed by atoms with Crippen LogP contribution in [0, 0.1) is 0 Å². The minimum Gasteiger partial charge on any atom is -0.316 e. The van der Waals surface area contributed by atoms with Crippen LogP contribution in [0.2, 0.25) is 0 Å². The molecule has 0 bridgehead atoms. The monoisotopic (exact) mass is 453 g/mol. The third kappa shape index (κ3) is 4.36. The fourth-order valence-corrected chi connectivity index (χ4v) is 5.25. The maximum atomic E-state index is 13.4. The van der Waals surface area contributed by atoms with Crippen molar-refractivity contribution in [2.45, 2.75) is 37.1 Å². The summed E-state index contributed by atoms with van der Waals surface area (Å²) in [5, 5.41) is 3.18. The van der Waals surface area contributed by atoms with Gasteiger partial charge in [0.25, 0.3) is 10.0 Å². The second-order valence-corrected chi connectivity index (χ2v) is 8.68. The van der Waals surface area contributed by atoms with E-state index in [9.17, 15) is 8.42 Å². The van der Waals surface area contributed by atoms with Gasteiger partial charge in [-0.3, -0.25) is 4.98 Å². The molecule has 156 valence electrons. The number of nitrogens with zero attached hydrogens (tertiary/aromatic N) is 2. The Labute approximate surface area is 184 Å². The summed E-state index contributed by atoms with van der Waals surface area (Å²) < 4.78 is 28.3. The first-order valence-electron chi connectivity index (χ1n) is 9.24. The summed E-state index contributed by atoms with van der Waals surface area (Å²) in [4.78, 5) is 4.21. The molecule has 0 saturated heterocycles. The van der Waals surface area contributed by atoms with Crippen molar-refractivity contribution >= 4 is 34.8 Å². The summed E-state index contributed by atoms with van der Waals surface area (Å²) in [5.74, 6) is 0. The van der Waals surface area contributed by atoms with Gasteiger partial charge in [-0.15, -0.1) is 24.8 Å². The van der Waals surface area contributed by atoms with Gasteiger partial charge in [-0.2, -0.15) is 0 Å². The lowest BCUT2D eigenvalue weighted by molar-refractivity contribution is 0.587. The van der Waals surface area contributed by atoms with E-state index in [-0.39, 0.29) is 29.7 Å². The molecule has 1 N–H and O–H groups in total. The summed E-state index contributed by atoms with van der Waals surface area (Å²) in [5.41, 5.74) is 5.19. The van der Waals surface area contributed by atoms with Gasteiger partial charge in [-0.25, -0.2) is 12.4 Å². The van der Waals surface area contributed by atoms with Gasteiger partial charge in [0.15, 0.2) is 0 Å². The van der Waals surface area contributed by atoms with Crippen LogP contribution in [-0.2, 0) is 29.4 Å². The summed E-state index contributed by atoms with van der Waals surface area (Å²) in [6.45, 7) is 0.639. The molecule has 0 spiro atoms. The Morgan fingerprint density at radius 3 is 2.55 bits per heavy atom. The molecule has 0 unspecified atom stereocenters. The zero-order chi connectivity index (χ0) is 18.9. The third-order valence-corrected chi connectivity index (χ3v) is 6.76. The molecule has 8 heteroatoms. The van der Waals surface area contributed by atoms with Crippen LogP contribution in [0.1, 0.15) is 29.5 Å². The number of hydrogen-bond donors (Lipinski definition) is 1. The standard InChI is InChI=1S/C21H23N3O2S.2ClH/c1-22-13-17-15-24(27(25,26)18-9-6-12-23-14-18)21-19-10-4-2-7-16(19)8-3-5-11-20(17)21;;/h2,4,6-7,9-10,12,14-15,22H,3,5,8,11,13H2,1H3;2*1H. The Balaban J connectivity index is 0.00000150. The molecule has 0 amide bonds. The Bertz CT molecular complexity index is 1070. The number of pyridine rings is 1. The number of rotatable bonds is 4. The number of aryl methyl sites for hydroxylation is 1. The molecule has 0 radical (unpaired) electrons. The molecule has 2 heterocycles. The van der Waals surface area contributed by atoms with Gasteiger partial charge in [0.05, 0.1) is 5.69 Å². The van der Waals surface area contributed by atoms with Gasteiger partial charge in [0.2, 0.25) is 0 Å². The first-order valence-corrected chi connectivity index (χ1v) is 10.7. The highest BCUT2D eigenvalue weighted by molar-refractivity contribution is 7.90. The lowest BCUT2D eigenvalue weighted by Gasteiger charge is -2.18. The van der Waals surface area contributed by atoms with Crippen LogP contribution >= 0.6 is 24.8 Å². The molecular formula is C21H25Cl2N3O2S. The quantitative estimate of drug-likeness (QED) is 0.641. The second-order valence-electron chi connectivity index (χ2n) is 6.87. The molecular weight excluding hydrogens is 429 g/mol.